The van der Waals surface area contributed by atoms with E-state index < -0.39 is 11.6 Å². The number of urea groups is 1. The fraction of sp³-hybridized carbons (Fsp3) is 0.407. The van der Waals surface area contributed by atoms with Crippen molar-refractivity contribution in [2.75, 3.05) is 26.2 Å². The third-order valence-corrected chi connectivity index (χ3v) is 7.32. The molecular formula is C27H29FN4O4. The van der Waals surface area contributed by atoms with Crippen LogP contribution < -0.4 is 5.32 Å². The summed E-state index contributed by atoms with van der Waals surface area (Å²) in [5.74, 6) is -0.997. The van der Waals surface area contributed by atoms with Crippen molar-refractivity contribution in [3.63, 3.8) is 0 Å². The number of ether oxygens (including phenoxy) is 1. The lowest BCUT2D eigenvalue weighted by Gasteiger charge is -2.40. The first-order chi connectivity index (χ1) is 17.5. The Hall–Kier alpha value is -3.59. The molecule has 3 aliphatic heterocycles. The Morgan fingerprint density at radius 1 is 1.14 bits per heavy atom. The number of nitrogens with one attached hydrogen (secondary N) is 1. The second kappa shape index (κ2) is 10.2. The zero-order valence-corrected chi connectivity index (χ0v) is 19.9. The molecule has 0 saturated carbocycles. The quantitative estimate of drug-likeness (QED) is 0.494. The molecule has 4 heterocycles. The largest absolute Gasteiger partial charge is 0.376 e. The van der Waals surface area contributed by atoms with E-state index in [2.05, 4.69) is 10.3 Å². The molecule has 1 aromatic heterocycles. The van der Waals surface area contributed by atoms with E-state index in [0.29, 0.717) is 38.2 Å². The predicted molar refractivity (Wildman–Crippen MR) is 130 cm³/mol. The highest BCUT2D eigenvalue weighted by atomic mass is 19.1. The van der Waals surface area contributed by atoms with Gasteiger partial charge in [-0.25, -0.2) is 9.18 Å². The minimum atomic E-state index is -1.27. The molecule has 0 aliphatic carbocycles. The highest BCUT2D eigenvalue weighted by molar-refractivity contribution is 6.07. The molecule has 5 rings (SSSR count). The van der Waals surface area contributed by atoms with Crippen LogP contribution in [0.1, 0.15) is 36.9 Å². The summed E-state index contributed by atoms with van der Waals surface area (Å²) in [6.07, 6.45) is 7.42. The molecule has 4 amide bonds. The second-order valence-corrected chi connectivity index (χ2v) is 9.49. The van der Waals surface area contributed by atoms with Crippen molar-refractivity contribution < 1.29 is 23.5 Å². The van der Waals surface area contributed by atoms with Gasteiger partial charge in [-0.15, -0.1) is 0 Å². The first-order valence-corrected chi connectivity index (χ1v) is 12.4. The number of likely N-dealkylation sites (tertiary alicyclic amines) is 1. The van der Waals surface area contributed by atoms with E-state index in [0.717, 1.165) is 18.4 Å². The van der Waals surface area contributed by atoms with Gasteiger partial charge in [0, 0.05) is 37.9 Å². The number of nitrogens with zero attached hydrogens (tertiary/aromatic N) is 3. The average Bonchev–Trinajstić information content (AvgIpc) is 3.51. The Labute approximate surface area is 209 Å². The van der Waals surface area contributed by atoms with Gasteiger partial charge in [0.2, 0.25) is 5.91 Å². The molecule has 3 aliphatic rings. The number of hydrogen-bond donors (Lipinski definition) is 1. The smallest absolute Gasteiger partial charge is 0.325 e. The summed E-state index contributed by atoms with van der Waals surface area (Å²) in [5.41, 5.74) is -0.0192. The standard InChI is InChI=1S/C27H29FN4O4/c28-21-9-6-19(7-10-21)8-11-24(33)31-15-12-20(13-16-31)27(23-5-1-2-14-29-23)25(34)32(26(35)30-27)18-22-4-3-17-36-22/h1-2,5-11,14,20,22H,3-4,12-13,15-18H2,(H,30,35)/b11-8+. The molecule has 1 N–H and O–H groups in total. The van der Waals surface area contributed by atoms with E-state index in [4.69, 9.17) is 4.74 Å². The summed E-state index contributed by atoms with van der Waals surface area (Å²) >= 11 is 0. The lowest BCUT2D eigenvalue weighted by molar-refractivity contribution is -0.136. The summed E-state index contributed by atoms with van der Waals surface area (Å²) in [6.45, 7) is 1.76. The van der Waals surface area contributed by atoms with E-state index in [9.17, 15) is 18.8 Å². The topological polar surface area (TPSA) is 91.8 Å². The van der Waals surface area contributed by atoms with Gasteiger partial charge < -0.3 is 15.0 Å². The van der Waals surface area contributed by atoms with Crippen molar-refractivity contribution in [3.05, 3.63) is 71.8 Å². The molecule has 1 aromatic carbocycles. The number of benzene rings is 1. The van der Waals surface area contributed by atoms with Crippen LogP contribution in [0.2, 0.25) is 0 Å². The monoisotopic (exact) mass is 492 g/mol. The van der Waals surface area contributed by atoms with Crippen LogP contribution >= 0.6 is 0 Å². The molecule has 2 atom stereocenters. The normalized spacial score (nSPS) is 25.1. The molecule has 2 aromatic rings. The van der Waals surface area contributed by atoms with Gasteiger partial charge in [0.25, 0.3) is 5.91 Å². The van der Waals surface area contributed by atoms with E-state index >= 15 is 0 Å². The third-order valence-electron chi connectivity index (χ3n) is 7.32. The molecule has 0 spiro atoms. The molecular weight excluding hydrogens is 463 g/mol. The van der Waals surface area contributed by atoms with Gasteiger partial charge in [-0.1, -0.05) is 18.2 Å². The number of pyridine rings is 1. The maximum absolute atomic E-state index is 13.9. The number of carbonyl (C=O) groups excluding carboxylic acids is 3. The van der Waals surface area contributed by atoms with Crippen LogP contribution in [0, 0.1) is 11.7 Å². The van der Waals surface area contributed by atoms with Gasteiger partial charge >= 0.3 is 6.03 Å². The van der Waals surface area contributed by atoms with Crippen molar-refractivity contribution in [3.8, 4) is 0 Å². The second-order valence-electron chi connectivity index (χ2n) is 9.49. The van der Waals surface area contributed by atoms with Gasteiger partial charge in [0.05, 0.1) is 18.3 Å². The molecule has 0 bridgehead atoms. The molecule has 9 heteroatoms. The molecule has 3 fully saturated rings. The maximum Gasteiger partial charge on any atom is 0.325 e. The highest BCUT2D eigenvalue weighted by Crippen LogP contribution is 2.41. The van der Waals surface area contributed by atoms with E-state index in [1.807, 2.05) is 6.07 Å². The fourth-order valence-corrected chi connectivity index (χ4v) is 5.39. The lowest BCUT2D eigenvalue weighted by atomic mass is 9.75. The number of imide groups is 1. The zero-order valence-electron chi connectivity index (χ0n) is 19.9. The highest BCUT2D eigenvalue weighted by Gasteiger charge is 2.58. The SMILES string of the molecule is O=C(/C=C/c1ccc(F)cc1)N1CCC(C2(c3ccccn3)NC(=O)N(CC3CCCO3)C2=O)CC1. The van der Waals surface area contributed by atoms with Crippen molar-refractivity contribution in [2.24, 2.45) is 5.92 Å². The molecule has 8 nitrogen and oxygen atoms in total. The number of aromatic nitrogens is 1. The number of hydrogen-bond acceptors (Lipinski definition) is 5. The number of rotatable bonds is 6. The van der Waals surface area contributed by atoms with Crippen molar-refractivity contribution in [1.29, 1.82) is 0 Å². The van der Waals surface area contributed by atoms with Crippen LogP contribution in [0.15, 0.2) is 54.7 Å². The summed E-state index contributed by atoms with van der Waals surface area (Å²) in [5, 5.41) is 2.99. The van der Waals surface area contributed by atoms with Crippen molar-refractivity contribution in [2.45, 2.75) is 37.3 Å². The van der Waals surface area contributed by atoms with E-state index in [1.54, 1.807) is 41.4 Å². The molecule has 0 radical (unpaired) electrons. The van der Waals surface area contributed by atoms with Crippen molar-refractivity contribution in [1.82, 2.24) is 20.1 Å². The average molecular weight is 493 g/mol. The van der Waals surface area contributed by atoms with E-state index in [-0.39, 0.29) is 36.2 Å². The van der Waals surface area contributed by atoms with E-state index in [1.165, 1.54) is 23.1 Å². The Morgan fingerprint density at radius 3 is 2.58 bits per heavy atom. The fourth-order valence-electron chi connectivity index (χ4n) is 5.39. The Morgan fingerprint density at radius 2 is 1.92 bits per heavy atom. The first-order valence-electron chi connectivity index (χ1n) is 12.4. The number of halogens is 1. The van der Waals surface area contributed by atoms with Crippen LogP contribution in [0.25, 0.3) is 6.08 Å². The van der Waals surface area contributed by atoms with Gasteiger partial charge in [-0.3, -0.25) is 19.5 Å². The van der Waals surface area contributed by atoms with Gasteiger partial charge in [0.15, 0.2) is 5.54 Å². The third kappa shape index (κ3) is 4.63. The Bertz CT molecular complexity index is 1140. The van der Waals surface area contributed by atoms with Crippen LogP contribution in [-0.4, -0.2) is 65.0 Å². The molecule has 36 heavy (non-hydrogen) atoms. The summed E-state index contributed by atoms with van der Waals surface area (Å²) in [4.78, 5) is 47.1. The molecule has 3 saturated heterocycles. The lowest BCUT2D eigenvalue weighted by Crippen LogP contribution is -2.54. The van der Waals surface area contributed by atoms with Crippen LogP contribution in [0.3, 0.4) is 0 Å². The van der Waals surface area contributed by atoms with Gasteiger partial charge in [-0.05, 0) is 61.6 Å². The minimum absolute atomic E-state index is 0.147. The Kier molecular flexibility index (Phi) is 6.82. The van der Waals surface area contributed by atoms with Crippen LogP contribution in [-0.2, 0) is 19.9 Å². The summed E-state index contributed by atoms with van der Waals surface area (Å²) in [7, 11) is 0. The van der Waals surface area contributed by atoms with Crippen LogP contribution in [0.5, 0.6) is 0 Å². The maximum atomic E-state index is 13.9. The van der Waals surface area contributed by atoms with Crippen molar-refractivity contribution >= 4 is 23.9 Å². The minimum Gasteiger partial charge on any atom is -0.376 e. The summed E-state index contributed by atoms with van der Waals surface area (Å²) in [6, 6.07) is 10.8. The first kappa shape index (κ1) is 24.1. The molecule has 188 valence electrons. The molecule has 2 unspecified atom stereocenters. The zero-order chi connectivity index (χ0) is 25.1. The number of piperidine rings is 1. The number of carbonyl (C=O) groups is 3. The Balaban J connectivity index is 1.31. The van der Waals surface area contributed by atoms with Crippen LogP contribution in [0.4, 0.5) is 9.18 Å². The summed E-state index contributed by atoms with van der Waals surface area (Å²) < 4.78 is 18.8. The van der Waals surface area contributed by atoms with Gasteiger partial charge in [0.1, 0.15) is 5.82 Å². The van der Waals surface area contributed by atoms with Gasteiger partial charge in [-0.2, -0.15) is 0 Å². The number of amides is 4. The predicted octanol–water partition coefficient (Wildman–Crippen LogP) is 3.10.